The van der Waals surface area contributed by atoms with Gasteiger partial charge >= 0.3 is 0 Å². The summed E-state index contributed by atoms with van der Waals surface area (Å²) in [5.74, 6) is 0.0307. The summed E-state index contributed by atoms with van der Waals surface area (Å²) in [7, 11) is 0. The number of nitrogens with zero attached hydrogens (tertiary/aromatic N) is 5. The third-order valence-corrected chi connectivity index (χ3v) is 4.95. The molecular weight excluding hydrogens is 320 g/mol. The van der Waals surface area contributed by atoms with Crippen LogP contribution < -0.4 is 10.4 Å². The number of hydrogen-bond acceptors (Lipinski definition) is 7. The summed E-state index contributed by atoms with van der Waals surface area (Å²) in [5.41, 5.74) is 3.23. The van der Waals surface area contributed by atoms with Crippen molar-refractivity contribution < 1.29 is 10.0 Å². The third kappa shape index (κ3) is 3.18. The van der Waals surface area contributed by atoms with Crippen LogP contribution in [0.5, 0.6) is 0 Å². The number of pyridine rings is 1. The fourth-order valence-corrected chi connectivity index (χ4v) is 3.77. The molecule has 4 rings (SSSR count). The first-order valence-electron chi connectivity index (χ1n) is 8.31. The van der Waals surface area contributed by atoms with Crippen LogP contribution in [-0.4, -0.2) is 57.1 Å². The first-order chi connectivity index (χ1) is 12.2. The van der Waals surface area contributed by atoms with E-state index in [2.05, 4.69) is 30.8 Å². The molecule has 2 aliphatic heterocycles. The molecule has 0 unspecified atom stereocenters. The molecule has 2 fully saturated rings. The number of anilines is 1. The maximum atomic E-state index is 11.3. The molecule has 2 aromatic rings. The van der Waals surface area contributed by atoms with Crippen LogP contribution in [0.25, 0.3) is 0 Å². The summed E-state index contributed by atoms with van der Waals surface area (Å²) >= 11 is 0. The zero-order chi connectivity index (χ0) is 17.3. The second-order valence-electron chi connectivity index (χ2n) is 6.85. The topological polar surface area (TPSA) is 94.5 Å². The lowest BCUT2D eigenvalue weighted by molar-refractivity contribution is 0.0107. The number of nitrogens with one attached hydrogen (secondary N) is 1. The number of carbonyl (C=O) groups is 1. The number of aromatic nitrogens is 3. The Kier molecular flexibility index (Phi) is 4.06. The van der Waals surface area contributed by atoms with Gasteiger partial charge in [0.15, 0.2) is 0 Å². The summed E-state index contributed by atoms with van der Waals surface area (Å²) in [4.78, 5) is 28.8. The molecule has 0 aliphatic carbocycles. The predicted octanol–water partition coefficient (Wildman–Crippen LogP) is 0.703. The fourth-order valence-electron chi connectivity index (χ4n) is 3.77. The van der Waals surface area contributed by atoms with Crippen LogP contribution >= 0.6 is 0 Å². The summed E-state index contributed by atoms with van der Waals surface area (Å²) < 4.78 is 0. The summed E-state index contributed by atoms with van der Waals surface area (Å²) in [6, 6.07) is 6.02. The van der Waals surface area contributed by atoms with Gasteiger partial charge in [-0.3, -0.25) is 19.9 Å². The summed E-state index contributed by atoms with van der Waals surface area (Å²) in [5, 5.41) is 8.63. The zero-order valence-electron chi connectivity index (χ0n) is 13.8. The number of carbonyl (C=O) groups excluding carboxylic acids is 1. The van der Waals surface area contributed by atoms with Gasteiger partial charge in [0, 0.05) is 56.7 Å². The van der Waals surface area contributed by atoms with E-state index in [1.807, 2.05) is 18.3 Å². The molecule has 1 spiro atoms. The second kappa shape index (κ2) is 6.38. The van der Waals surface area contributed by atoms with Crippen LogP contribution in [-0.2, 0) is 6.54 Å². The van der Waals surface area contributed by atoms with Gasteiger partial charge in [-0.05, 0) is 18.6 Å². The molecule has 8 heteroatoms. The molecular formula is C17H20N6O2. The Hall–Kier alpha value is -2.58. The minimum atomic E-state index is -0.603. The van der Waals surface area contributed by atoms with Crippen molar-refractivity contribution in [2.75, 3.05) is 31.1 Å². The highest BCUT2D eigenvalue weighted by atomic mass is 16.5. The molecule has 2 aromatic heterocycles. The minimum Gasteiger partial charge on any atom is -0.340 e. The average Bonchev–Trinajstić information content (AvgIpc) is 3.07. The molecule has 130 valence electrons. The molecule has 4 heterocycles. The van der Waals surface area contributed by atoms with Crippen molar-refractivity contribution in [2.45, 2.75) is 13.0 Å². The Morgan fingerprint density at radius 2 is 2.00 bits per heavy atom. The van der Waals surface area contributed by atoms with E-state index in [0.29, 0.717) is 11.4 Å². The van der Waals surface area contributed by atoms with Gasteiger partial charge in [0.05, 0.1) is 11.3 Å². The van der Waals surface area contributed by atoms with Gasteiger partial charge < -0.3 is 4.90 Å². The number of hydrogen-bond donors (Lipinski definition) is 2. The molecule has 0 saturated carbocycles. The maximum absolute atomic E-state index is 11.3. The second-order valence-corrected chi connectivity index (χ2v) is 6.85. The molecule has 1 amide bonds. The monoisotopic (exact) mass is 340 g/mol. The lowest BCUT2D eigenvalue weighted by atomic mass is 9.79. The largest absolute Gasteiger partial charge is 0.340 e. The Morgan fingerprint density at radius 3 is 2.68 bits per heavy atom. The Balaban J connectivity index is 1.34. The van der Waals surface area contributed by atoms with Gasteiger partial charge in [0.2, 0.25) is 5.95 Å². The van der Waals surface area contributed by atoms with Crippen LogP contribution in [0.15, 0.2) is 36.8 Å². The smallest absolute Gasteiger partial charge is 0.277 e. The number of likely N-dealkylation sites (tertiary alicyclic amines) is 1. The van der Waals surface area contributed by atoms with Crippen LogP contribution in [0.3, 0.4) is 0 Å². The van der Waals surface area contributed by atoms with Crippen molar-refractivity contribution in [3.05, 3.63) is 48.0 Å². The van der Waals surface area contributed by atoms with Gasteiger partial charge in [-0.15, -0.1) is 0 Å². The van der Waals surface area contributed by atoms with Crippen molar-refractivity contribution >= 4 is 11.9 Å². The maximum Gasteiger partial charge on any atom is 0.277 e. The molecule has 8 nitrogen and oxygen atoms in total. The minimum absolute atomic E-state index is 0.241. The van der Waals surface area contributed by atoms with Crippen LogP contribution in [0.1, 0.15) is 22.5 Å². The first-order valence-corrected chi connectivity index (χ1v) is 8.31. The first kappa shape index (κ1) is 15.9. The Morgan fingerprint density at radius 1 is 1.20 bits per heavy atom. The molecule has 0 atom stereocenters. The van der Waals surface area contributed by atoms with Gasteiger partial charge in [0.25, 0.3) is 5.91 Å². The number of hydroxylamine groups is 1. The summed E-state index contributed by atoms with van der Waals surface area (Å²) in [6.07, 6.45) is 5.83. The Bertz CT molecular complexity index is 745. The van der Waals surface area contributed by atoms with E-state index in [4.69, 9.17) is 5.21 Å². The molecule has 0 aromatic carbocycles. The SMILES string of the molecule is O=C(NO)c1cnc(N2CCC3(CN(Cc4ccccn4)C3)C2)nc1. The zero-order valence-corrected chi connectivity index (χ0v) is 13.8. The molecule has 0 bridgehead atoms. The highest BCUT2D eigenvalue weighted by molar-refractivity contribution is 5.92. The highest BCUT2D eigenvalue weighted by Crippen LogP contribution is 2.40. The lowest BCUT2D eigenvalue weighted by Crippen LogP contribution is -2.57. The predicted molar refractivity (Wildman–Crippen MR) is 90.1 cm³/mol. The van der Waals surface area contributed by atoms with Crippen LogP contribution in [0.2, 0.25) is 0 Å². The average molecular weight is 340 g/mol. The van der Waals surface area contributed by atoms with Crippen molar-refractivity contribution in [3.63, 3.8) is 0 Å². The number of amides is 1. The van der Waals surface area contributed by atoms with E-state index in [1.54, 1.807) is 5.48 Å². The van der Waals surface area contributed by atoms with Crippen LogP contribution in [0.4, 0.5) is 5.95 Å². The quantitative estimate of drug-likeness (QED) is 0.625. The molecule has 0 radical (unpaired) electrons. The van der Waals surface area contributed by atoms with E-state index in [1.165, 1.54) is 12.4 Å². The van der Waals surface area contributed by atoms with Crippen LogP contribution in [0, 0.1) is 5.41 Å². The third-order valence-electron chi connectivity index (χ3n) is 4.95. The van der Waals surface area contributed by atoms with Gasteiger partial charge in [0.1, 0.15) is 0 Å². The van der Waals surface area contributed by atoms with Gasteiger partial charge in [-0.2, -0.15) is 0 Å². The fraction of sp³-hybridized carbons (Fsp3) is 0.412. The number of rotatable bonds is 4. The normalized spacial score (nSPS) is 19.0. The molecule has 2 N–H and O–H groups in total. The van der Waals surface area contributed by atoms with Crippen molar-refractivity contribution in [2.24, 2.45) is 5.41 Å². The van der Waals surface area contributed by atoms with Gasteiger partial charge in [-0.1, -0.05) is 6.07 Å². The van der Waals surface area contributed by atoms with E-state index in [0.717, 1.165) is 44.8 Å². The highest BCUT2D eigenvalue weighted by Gasteiger charge is 2.47. The van der Waals surface area contributed by atoms with E-state index in [-0.39, 0.29) is 5.56 Å². The van der Waals surface area contributed by atoms with Crippen molar-refractivity contribution in [1.82, 2.24) is 25.3 Å². The molecule has 25 heavy (non-hydrogen) atoms. The van der Waals surface area contributed by atoms with E-state index < -0.39 is 5.91 Å². The lowest BCUT2D eigenvalue weighted by Gasteiger charge is -2.48. The van der Waals surface area contributed by atoms with Crippen molar-refractivity contribution in [3.8, 4) is 0 Å². The standard InChI is InChI=1S/C17H20N6O2/c24-15(21-25)13-7-19-16(20-8-13)23-6-4-17(12-23)10-22(11-17)9-14-3-1-2-5-18-14/h1-3,5,7-8,25H,4,6,9-12H2,(H,21,24). The van der Waals surface area contributed by atoms with E-state index in [9.17, 15) is 4.79 Å². The summed E-state index contributed by atoms with van der Waals surface area (Å²) in [6.45, 7) is 4.86. The van der Waals surface area contributed by atoms with Gasteiger partial charge in [-0.25, -0.2) is 15.4 Å². The molecule has 2 saturated heterocycles. The van der Waals surface area contributed by atoms with E-state index >= 15 is 0 Å². The molecule has 2 aliphatic rings. The van der Waals surface area contributed by atoms with Crippen molar-refractivity contribution in [1.29, 1.82) is 0 Å². The Labute approximate surface area is 145 Å².